The van der Waals surface area contributed by atoms with Crippen molar-refractivity contribution in [1.29, 1.82) is 0 Å². The van der Waals surface area contributed by atoms with Crippen LogP contribution in [0.15, 0.2) is 4.99 Å². The van der Waals surface area contributed by atoms with E-state index in [2.05, 4.69) is 40.3 Å². The van der Waals surface area contributed by atoms with E-state index in [1.807, 2.05) is 0 Å². The minimum atomic E-state index is 0. The van der Waals surface area contributed by atoms with Crippen molar-refractivity contribution in [2.45, 2.75) is 33.1 Å². The smallest absolute Gasteiger partial charge is 0.192 e. The predicted octanol–water partition coefficient (Wildman–Crippen LogP) is 1.91. The van der Waals surface area contributed by atoms with E-state index in [1.165, 1.54) is 38.9 Å². The van der Waals surface area contributed by atoms with E-state index >= 15 is 0 Å². The molecular formula is C15H29IN4. The molecule has 2 N–H and O–H groups in total. The number of terminal acetylenes is 1. The molecule has 0 atom stereocenters. The van der Waals surface area contributed by atoms with Gasteiger partial charge in [0, 0.05) is 13.1 Å². The molecule has 1 aliphatic rings. The molecular weight excluding hydrogens is 363 g/mol. The van der Waals surface area contributed by atoms with Gasteiger partial charge in [0.1, 0.15) is 0 Å². The number of piperidine rings is 1. The van der Waals surface area contributed by atoms with Crippen LogP contribution < -0.4 is 10.6 Å². The highest BCUT2D eigenvalue weighted by molar-refractivity contribution is 14.0. The first kappa shape index (κ1) is 19.5. The molecule has 0 unspecified atom stereocenters. The van der Waals surface area contributed by atoms with E-state index in [-0.39, 0.29) is 24.0 Å². The van der Waals surface area contributed by atoms with Crippen LogP contribution in [0.5, 0.6) is 0 Å². The van der Waals surface area contributed by atoms with Crippen molar-refractivity contribution in [1.82, 2.24) is 15.5 Å². The van der Waals surface area contributed by atoms with Gasteiger partial charge in [-0.05, 0) is 51.7 Å². The topological polar surface area (TPSA) is 39.7 Å². The quantitative estimate of drug-likeness (QED) is 0.314. The van der Waals surface area contributed by atoms with Crippen LogP contribution in [0.2, 0.25) is 0 Å². The van der Waals surface area contributed by atoms with Gasteiger partial charge < -0.3 is 15.5 Å². The molecule has 0 aromatic heterocycles. The van der Waals surface area contributed by atoms with Gasteiger partial charge >= 0.3 is 0 Å². The average molecular weight is 392 g/mol. The van der Waals surface area contributed by atoms with Gasteiger partial charge in [-0.1, -0.05) is 12.8 Å². The predicted molar refractivity (Wildman–Crippen MR) is 97.7 cm³/mol. The summed E-state index contributed by atoms with van der Waals surface area (Å²) in [7, 11) is 0. The lowest BCUT2D eigenvalue weighted by atomic mass is 9.94. The molecule has 0 amide bonds. The fraction of sp³-hybridized carbons (Fsp3) is 0.800. The van der Waals surface area contributed by atoms with Gasteiger partial charge in [0.25, 0.3) is 0 Å². The monoisotopic (exact) mass is 392 g/mol. The van der Waals surface area contributed by atoms with E-state index in [0.717, 1.165) is 25.0 Å². The molecule has 0 radical (unpaired) electrons. The molecule has 0 aromatic carbocycles. The van der Waals surface area contributed by atoms with Crippen LogP contribution in [0.3, 0.4) is 0 Å². The first-order valence-corrected chi connectivity index (χ1v) is 7.48. The Hall–Kier alpha value is -0.480. The van der Waals surface area contributed by atoms with Crippen LogP contribution in [0.4, 0.5) is 0 Å². The number of nitrogens with one attached hydrogen (secondary N) is 2. The van der Waals surface area contributed by atoms with E-state index in [4.69, 9.17) is 6.42 Å². The molecule has 4 nitrogen and oxygen atoms in total. The van der Waals surface area contributed by atoms with E-state index < -0.39 is 0 Å². The maximum Gasteiger partial charge on any atom is 0.192 e. The number of hydrogen-bond acceptors (Lipinski definition) is 2. The summed E-state index contributed by atoms with van der Waals surface area (Å²) in [5.74, 6) is 4.24. The Bertz CT molecular complexity index is 303. The van der Waals surface area contributed by atoms with Crippen LogP contribution in [-0.4, -0.2) is 50.1 Å². The number of guanidine groups is 1. The molecule has 0 aromatic rings. The van der Waals surface area contributed by atoms with Gasteiger partial charge in [0.2, 0.25) is 0 Å². The molecule has 1 heterocycles. The van der Waals surface area contributed by atoms with Crippen molar-refractivity contribution < 1.29 is 0 Å². The van der Waals surface area contributed by atoms with Crippen molar-refractivity contribution in [3.05, 3.63) is 0 Å². The molecule has 20 heavy (non-hydrogen) atoms. The molecule has 0 saturated carbocycles. The maximum atomic E-state index is 5.24. The molecule has 1 rings (SSSR count). The maximum absolute atomic E-state index is 5.24. The van der Waals surface area contributed by atoms with Gasteiger partial charge in [-0.15, -0.1) is 30.4 Å². The summed E-state index contributed by atoms with van der Waals surface area (Å²) < 4.78 is 0. The Labute approximate surface area is 141 Å². The second-order valence-electron chi connectivity index (χ2n) is 4.98. The zero-order chi connectivity index (χ0) is 13.9. The molecule has 5 heteroatoms. The summed E-state index contributed by atoms with van der Waals surface area (Å²) in [4.78, 5) is 7.10. The molecule has 1 aliphatic heterocycles. The average Bonchev–Trinajstić information content (AvgIpc) is 2.45. The summed E-state index contributed by atoms with van der Waals surface area (Å²) >= 11 is 0. The number of likely N-dealkylation sites (tertiary alicyclic amines) is 1. The van der Waals surface area contributed by atoms with E-state index in [9.17, 15) is 0 Å². The number of rotatable bonds is 6. The normalized spacial score (nSPS) is 17.1. The van der Waals surface area contributed by atoms with Crippen LogP contribution in [-0.2, 0) is 0 Å². The summed E-state index contributed by atoms with van der Waals surface area (Å²) in [5.41, 5.74) is 0. The molecule has 0 aliphatic carbocycles. The van der Waals surface area contributed by atoms with Crippen molar-refractivity contribution in [2.24, 2.45) is 10.9 Å². The fourth-order valence-corrected chi connectivity index (χ4v) is 2.43. The first-order valence-electron chi connectivity index (χ1n) is 7.48. The zero-order valence-corrected chi connectivity index (χ0v) is 15.2. The number of nitrogens with zero attached hydrogens (tertiary/aromatic N) is 2. The first-order chi connectivity index (χ1) is 9.30. The molecule has 116 valence electrons. The van der Waals surface area contributed by atoms with Crippen molar-refractivity contribution in [2.75, 3.05) is 39.3 Å². The Morgan fingerprint density at radius 1 is 1.30 bits per heavy atom. The largest absolute Gasteiger partial charge is 0.357 e. The van der Waals surface area contributed by atoms with Gasteiger partial charge in [-0.2, -0.15) is 0 Å². The number of aliphatic imine (C=N–C) groups is 1. The third kappa shape index (κ3) is 7.95. The summed E-state index contributed by atoms with van der Waals surface area (Å²) in [6.45, 7) is 10.3. The Morgan fingerprint density at radius 2 is 2.00 bits per heavy atom. The molecule has 1 saturated heterocycles. The van der Waals surface area contributed by atoms with Crippen LogP contribution in [0, 0.1) is 18.3 Å². The van der Waals surface area contributed by atoms with Crippen molar-refractivity contribution >= 4 is 29.9 Å². The summed E-state index contributed by atoms with van der Waals surface area (Å²) in [5, 5.41) is 6.33. The lowest BCUT2D eigenvalue weighted by molar-refractivity contribution is 0.188. The summed E-state index contributed by atoms with van der Waals surface area (Å²) in [6, 6.07) is 0. The highest BCUT2D eigenvalue weighted by Gasteiger charge is 2.17. The standard InChI is InChI=1S/C15H28N4.HI/c1-4-10-17-15(16-5-2)18-11-7-14-8-12-19(6-3)13-9-14;/h1,14H,5-13H2,2-3H3,(H2,16,17,18);1H. The lowest BCUT2D eigenvalue weighted by Crippen LogP contribution is -2.37. The zero-order valence-electron chi connectivity index (χ0n) is 12.8. The SMILES string of the molecule is C#CCNC(=NCCC1CCN(CC)CC1)NCC.I. The van der Waals surface area contributed by atoms with Crippen molar-refractivity contribution in [3.63, 3.8) is 0 Å². The van der Waals surface area contributed by atoms with Crippen LogP contribution in [0.1, 0.15) is 33.1 Å². The van der Waals surface area contributed by atoms with Crippen molar-refractivity contribution in [3.8, 4) is 12.3 Å². The second kappa shape index (κ2) is 12.3. The van der Waals surface area contributed by atoms with E-state index in [1.54, 1.807) is 0 Å². The Kier molecular flexibility index (Phi) is 12.0. The van der Waals surface area contributed by atoms with Gasteiger partial charge in [-0.25, -0.2) is 0 Å². The van der Waals surface area contributed by atoms with Gasteiger partial charge in [0.05, 0.1) is 6.54 Å². The number of hydrogen-bond donors (Lipinski definition) is 2. The number of halogens is 1. The van der Waals surface area contributed by atoms with Crippen LogP contribution in [0.25, 0.3) is 0 Å². The minimum absolute atomic E-state index is 0. The van der Waals surface area contributed by atoms with Crippen LogP contribution >= 0.6 is 24.0 Å². The van der Waals surface area contributed by atoms with Gasteiger partial charge in [0.15, 0.2) is 5.96 Å². The highest BCUT2D eigenvalue weighted by Crippen LogP contribution is 2.19. The van der Waals surface area contributed by atoms with E-state index in [0.29, 0.717) is 6.54 Å². The second-order valence-corrected chi connectivity index (χ2v) is 4.98. The third-order valence-corrected chi connectivity index (χ3v) is 3.66. The highest BCUT2D eigenvalue weighted by atomic mass is 127. The van der Waals surface area contributed by atoms with Gasteiger partial charge in [-0.3, -0.25) is 4.99 Å². The summed E-state index contributed by atoms with van der Waals surface area (Å²) in [6.07, 6.45) is 9.06. The minimum Gasteiger partial charge on any atom is -0.357 e. The lowest BCUT2D eigenvalue weighted by Gasteiger charge is -2.30. The molecule has 0 bridgehead atoms. The Balaban J connectivity index is 0.00000361. The Morgan fingerprint density at radius 3 is 2.55 bits per heavy atom. The third-order valence-electron chi connectivity index (χ3n) is 3.66. The molecule has 1 fully saturated rings. The fourth-order valence-electron chi connectivity index (χ4n) is 2.43. The molecule has 0 spiro atoms.